The summed E-state index contributed by atoms with van der Waals surface area (Å²) in [6.07, 6.45) is 7.81. The Morgan fingerprint density at radius 3 is 2.70 bits per heavy atom. The lowest BCUT2D eigenvalue weighted by Gasteiger charge is -2.34. The van der Waals surface area contributed by atoms with E-state index in [0.29, 0.717) is 5.84 Å². The number of amidine groups is 1. The predicted molar refractivity (Wildman–Crippen MR) is 112 cm³/mol. The van der Waals surface area contributed by atoms with Crippen LogP contribution >= 0.6 is 0 Å². The highest BCUT2D eigenvalue weighted by Gasteiger charge is 2.44. The van der Waals surface area contributed by atoms with E-state index in [2.05, 4.69) is 28.3 Å². The molecule has 27 heavy (non-hydrogen) atoms. The summed E-state index contributed by atoms with van der Waals surface area (Å²) in [6.45, 7) is 9.70. The normalized spacial score (nSPS) is 19.4. The first kappa shape index (κ1) is 19.2. The van der Waals surface area contributed by atoms with Crippen molar-refractivity contribution in [3.8, 4) is 0 Å². The lowest BCUT2D eigenvalue weighted by Crippen LogP contribution is -2.40. The zero-order chi connectivity index (χ0) is 19.6. The molecule has 1 heterocycles. The second kappa shape index (κ2) is 7.59. The number of benzene rings is 1. The molecule has 4 N–H and O–H groups in total. The first-order valence-corrected chi connectivity index (χ1v) is 9.81. The maximum absolute atomic E-state index is 12.6. The van der Waals surface area contributed by atoms with Crippen LogP contribution in [0.4, 0.5) is 5.69 Å². The monoisotopic (exact) mass is 366 g/mol. The Morgan fingerprint density at radius 1 is 1.37 bits per heavy atom. The molecule has 0 radical (unpaired) electrons. The summed E-state index contributed by atoms with van der Waals surface area (Å²) in [7, 11) is 0. The van der Waals surface area contributed by atoms with Gasteiger partial charge in [0.2, 0.25) is 0 Å². The fourth-order valence-corrected chi connectivity index (χ4v) is 4.30. The number of fused-ring (bicyclic) bond motifs is 2. The highest BCUT2D eigenvalue weighted by Crippen LogP contribution is 2.44. The van der Waals surface area contributed by atoms with Crippen LogP contribution in [0.5, 0.6) is 0 Å². The number of nitrogens with two attached hydrogens (primary N) is 1. The van der Waals surface area contributed by atoms with Crippen molar-refractivity contribution in [3.05, 3.63) is 52.9 Å². The van der Waals surface area contributed by atoms with Gasteiger partial charge in [-0.15, -0.1) is 0 Å². The fraction of sp³-hybridized carbons (Fsp3) is 0.455. The lowest BCUT2D eigenvalue weighted by atomic mass is 9.77. The minimum atomic E-state index is -0.212. The number of aryl methyl sites for hydroxylation is 1. The molecule has 0 unspecified atom stereocenters. The zero-order valence-electron chi connectivity index (χ0n) is 16.6. The standard InChI is InChI=1S/C22H30N4O/c1-5-18(23)15(4)20(24-6-2)25-16-12-14(3)19-17(13-16)22(26-21(19)27)10-8-7-9-11-22/h6,12-13H,2,5,7-11,23H2,1,3-4H3,(H,24,25)(H,26,27)/b18-15+. The number of allylic oxidation sites excluding steroid dienone is 1. The minimum absolute atomic E-state index is 0.0576. The second-order valence-electron chi connectivity index (χ2n) is 7.60. The van der Waals surface area contributed by atoms with Gasteiger partial charge in [-0.1, -0.05) is 32.8 Å². The fourth-order valence-electron chi connectivity index (χ4n) is 4.30. The van der Waals surface area contributed by atoms with Gasteiger partial charge in [-0.25, -0.2) is 4.99 Å². The molecule has 1 amide bonds. The quantitative estimate of drug-likeness (QED) is 0.542. The number of nitrogens with zero attached hydrogens (tertiary/aromatic N) is 1. The average Bonchev–Trinajstić information content (AvgIpc) is 2.92. The number of anilines is 1. The van der Waals surface area contributed by atoms with Gasteiger partial charge in [-0.2, -0.15) is 0 Å². The molecule has 2 aliphatic rings. The number of rotatable bonds is 4. The molecular weight excluding hydrogens is 336 g/mol. The van der Waals surface area contributed by atoms with Crippen molar-refractivity contribution in [2.75, 3.05) is 5.32 Å². The van der Waals surface area contributed by atoms with E-state index in [1.807, 2.05) is 26.8 Å². The Morgan fingerprint density at radius 2 is 2.07 bits per heavy atom. The number of carbonyl (C=O) groups excluding carboxylic acids is 1. The summed E-state index contributed by atoms with van der Waals surface area (Å²) >= 11 is 0. The Hall–Kier alpha value is -2.56. The summed E-state index contributed by atoms with van der Waals surface area (Å²) in [5, 5.41) is 6.69. The molecule has 5 heteroatoms. The van der Waals surface area contributed by atoms with Crippen molar-refractivity contribution < 1.29 is 4.79 Å². The van der Waals surface area contributed by atoms with E-state index in [4.69, 9.17) is 5.73 Å². The van der Waals surface area contributed by atoms with Gasteiger partial charge in [0.05, 0.1) is 5.54 Å². The predicted octanol–water partition coefficient (Wildman–Crippen LogP) is 4.49. The van der Waals surface area contributed by atoms with Gasteiger partial charge in [0.15, 0.2) is 0 Å². The van der Waals surface area contributed by atoms with Gasteiger partial charge < -0.3 is 16.4 Å². The van der Waals surface area contributed by atoms with E-state index in [9.17, 15) is 4.79 Å². The average molecular weight is 367 g/mol. The molecule has 1 aliphatic carbocycles. The van der Waals surface area contributed by atoms with Crippen molar-refractivity contribution in [1.29, 1.82) is 0 Å². The van der Waals surface area contributed by atoms with E-state index < -0.39 is 0 Å². The molecule has 1 aromatic carbocycles. The van der Waals surface area contributed by atoms with Crippen LogP contribution in [0.3, 0.4) is 0 Å². The lowest BCUT2D eigenvalue weighted by molar-refractivity contribution is 0.0909. The molecule has 1 aromatic rings. The summed E-state index contributed by atoms with van der Waals surface area (Å²) < 4.78 is 0. The third-order valence-electron chi connectivity index (χ3n) is 5.84. The molecule has 0 saturated heterocycles. The highest BCUT2D eigenvalue weighted by molar-refractivity contribution is 6.09. The van der Waals surface area contributed by atoms with Gasteiger partial charge in [0, 0.05) is 28.7 Å². The second-order valence-corrected chi connectivity index (χ2v) is 7.60. The number of amides is 1. The minimum Gasteiger partial charge on any atom is -0.402 e. The molecular formula is C22H30N4O. The van der Waals surface area contributed by atoms with Crippen LogP contribution < -0.4 is 16.4 Å². The number of hydrogen-bond acceptors (Lipinski definition) is 3. The summed E-state index contributed by atoms with van der Waals surface area (Å²) in [6, 6.07) is 4.12. The van der Waals surface area contributed by atoms with Gasteiger partial charge in [0.1, 0.15) is 5.84 Å². The van der Waals surface area contributed by atoms with E-state index in [0.717, 1.165) is 65.8 Å². The largest absolute Gasteiger partial charge is 0.402 e. The molecule has 1 saturated carbocycles. The van der Waals surface area contributed by atoms with Crippen LogP contribution in [0, 0.1) is 6.92 Å². The van der Waals surface area contributed by atoms with Gasteiger partial charge in [0.25, 0.3) is 5.91 Å². The van der Waals surface area contributed by atoms with Crippen molar-refractivity contribution >= 4 is 17.4 Å². The van der Waals surface area contributed by atoms with Crippen molar-refractivity contribution in [2.45, 2.75) is 64.8 Å². The zero-order valence-corrected chi connectivity index (χ0v) is 16.6. The Bertz CT molecular complexity index is 829. The van der Waals surface area contributed by atoms with Crippen molar-refractivity contribution in [2.24, 2.45) is 10.7 Å². The molecule has 1 fully saturated rings. The first-order chi connectivity index (χ1) is 12.9. The maximum atomic E-state index is 12.6. The number of nitrogens with one attached hydrogen (secondary N) is 2. The Kier molecular flexibility index (Phi) is 5.40. The van der Waals surface area contributed by atoms with Gasteiger partial charge >= 0.3 is 0 Å². The third kappa shape index (κ3) is 3.51. The topological polar surface area (TPSA) is 79.5 Å². The molecule has 0 bridgehead atoms. The number of carbonyl (C=O) groups is 1. The Balaban J connectivity index is 2.03. The van der Waals surface area contributed by atoms with Crippen LogP contribution in [-0.2, 0) is 5.54 Å². The van der Waals surface area contributed by atoms with Crippen LogP contribution in [-0.4, -0.2) is 11.7 Å². The van der Waals surface area contributed by atoms with E-state index in [1.54, 1.807) is 0 Å². The number of hydrogen-bond donors (Lipinski definition) is 3. The van der Waals surface area contributed by atoms with E-state index in [1.165, 1.54) is 12.6 Å². The highest BCUT2D eigenvalue weighted by atomic mass is 16.2. The molecule has 3 rings (SSSR count). The van der Waals surface area contributed by atoms with Gasteiger partial charge in [-0.3, -0.25) is 4.79 Å². The van der Waals surface area contributed by atoms with E-state index >= 15 is 0 Å². The third-order valence-corrected chi connectivity index (χ3v) is 5.84. The SMILES string of the molecule is C=CN=C(Nc1cc(C)c2c(c1)C1(CCCCC1)NC2=O)/C(C)=C(/N)CC. The molecule has 5 nitrogen and oxygen atoms in total. The summed E-state index contributed by atoms with van der Waals surface area (Å²) in [5.74, 6) is 0.751. The van der Waals surface area contributed by atoms with Gasteiger partial charge in [-0.05, 0) is 56.4 Å². The summed E-state index contributed by atoms with van der Waals surface area (Å²) in [4.78, 5) is 17.0. The van der Waals surface area contributed by atoms with Crippen molar-refractivity contribution in [1.82, 2.24) is 5.32 Å². The van der Waals surface area contributed by atoms with Crippen molar-refractivity contribution in [3.63, 3.8) is 0 Å². The van der Waals surface area contributed by atoms with Crippen LogP contribution in [0.15, 0.2) is 41.2 Å². The molecule has 1 aliphatic heterocycles. The smallest absolute Gasteiger partial charge is 0.252 e. The van der Waals surface area contributed by atoms with Crippen LogP contribution in [0.2, 0.25) is 0 Å². The summed E-state index contributed by atoms with van der Waals surface area (Å²) in [5.41, 5.74) is 11.5. The van der Waals surface area contributed by atoms with E-state index in [-0.39, 0.29) is 11.4 Å². The van der Waals surface area contributed by atoms with Crippen LogP contribution in [0.1, 0.15) is 73.9 Å². The molecule has 0 aromatic heterocycles. The number of aliphatic imine (C=N–C) groups is 1. The Labute approximate surface area is 161 Å². The maximum Gasteiger partial charge on any atom is 0.252 e. The molecule has 0 atom stereocenters. The van der Waals surface area contributed by atoms with Crippen LogP contribution in [0.25, 0.3) is 0 Å². The first-order valence-electron chi connectivity index (χ1n) is 9.81. The molecule has 144 valence electrons. The molecule has 1 spiro atoms.